The van der Waals surface area contributed by atoms with Gasteiger partial charge < -0.3 is 9.84 Å². The smallest absolute Gasteiger partial charge is 0.242 e. The number of benzene rings is 1. The molecule has 0 fully saturated rings. The fourth-order valence-electron chi connectivity index (χ4n) is 1.51. The normalized spacial score (nSPS) is 11.2. The second-order valence-corrected chi connectivity index (χ2v) is 6.06. The number of ether oxygens (including phenoxy) is 1. The first-order valence-corrected chi connectivity index (χ1v) is 7.70. The molecule has 6 heteroatoms. The van der Waals surface area contributed by atoms with E-state index < -0.39 is 10.0 Å². The van der Waals surface area contributed by atoms with E-state index in [1.54, 1.807) is 12.1 Å². The molecule has 1 aromatic rings. The Morgan fingerprint density at radius 2 is 2.15 bits per heavy atom. The highest BCUT2D eigenvalue weighted by Crippen LogP contribution is 2.15. The van der Waals surface area contributed by atoms with Crippen molar-refractivity contribution < 1.29 is 18.3 Å². The van der Waals surface area contributed by atoms with Crippen molar-refractivity contribution in [1.29, 1.82) is 0 Å². The zero-order valence-corrected chi connectivity index (χ0v) is 12.5. The monoisotopic (exact) mass is 297 g/mol. The van der Waals surface area contributed by atoms with Crippen LogP contribution in [0.5, 0.6) is 0 Å². The van der Waals surface area contributed by atoms with E-state index in [-0.39, 0.29) is 11.5 Å². The molecule has 0 unspecified atom stereocenters. The Morgan fingerprint density at radius 1 is 1.40 bits per heavy atom. The summed E-state index contributed by atoms with van der Waals surface area (Å²) in [4.78, 5) is 0.182. The minimum Gasteiger partial charge on any atom is -0.384 e. The maximum Gasteiger partial charge on any atom is 0.242 e. The lowest BCUT2D eigenvalue weighted by atomic mass is 10.2. The summed E-state index contributed by atoms with van der Waals surface area (Å²) in [7, 11) is -2.03. The molecule has 1 aromatic carbocycles. The van der Waals surface area contributed by atoms with Crippen LogP contribution in [-0.4, -0.2) is 51.2 Å². The topological polar surface area (TPSA) is 66.8 Å². The first kappa shape index (κ1) is 16.7. The van der Waals surface area contributed by atoms with Crippen LogP contribution in [0, 0.1) is 11.8 Å². The molecule has 1 N–H and O–H groups in total. The van der Waals surface area contributed by atoms with E-state index in [1.165, 1.54) is 23.5 Å². The van der Waals surface area contributed by atoms with Crippen molar-refractivity contribution in [2.75, 3.05) is 33.4 Å². The third-order valence-electron chi connectivity index (χ3n) is 2.61. The van der Waals surface area contributed by atoms with Gasteiger partial charge in [0, 0.05) is 25.8 Å². The summed E-state index contributed by atoms with van der Waals surface area (Å²) in [6.45, 7) is 2.81. The summed E-state index contributed by atoms with van der Waals surface area (Å²) in [5.41, 5.74) is 0.554. The number of aliphatic hydroxyl groups excluding tert-OH is 1. The number of likely N-dealkylation sites (N-methyl/N-ethyl adjacent to an activating group) is 1. The number of nitrogens with zero attached hydrogens (tertiary/aromatic N) is 1. The van der Waals surface area contributed by atoms with Gasteiger partial charge in [-0.05, 0) is 25.1 Å². The Hall–Kier alpha value is -1.39. The molecule has 0 aliphatic rings. The molecule has 0 heterocycles. The summed E-state index contributed by atoms with van der Waals surface area (Å²) in [6, 6.07) is 6.35. The highest BCUT2D eigenvalue weighted by Gasteiger charge is 2.20. The maximum atomic E-state index is 12.3. The number of hydrogen-bond acceptors (Lipinski definition) is 4. The van der Waals surface area contributed by atoms with Crippen molar-refractivity contribution >= 4 is 10.0 Å². The van der Waals surface area contributed by atoms with Crippen molar-refractivity contribution in [3.63, 3.8) is 0 Å². The second-order valence-electron chi connectivity index (χ2n) is 4.01. The fraction of sp³-hybridized carbons (Fsp3) is 0.429. The van der Waals surface area contributed by atoms with Gasteiger partial charge in [-0.15, -0.1) is 0 Å². The first-order valence-electron chi connectivity index (χ1n) is 6.26. The predicted molar refractivity (Wildman–Crippen MR) is 76.7 cm³/mol. The largest absolute Gasteiger partial charge is 0.384 e. The van der Waals surface area contributed by atoms with Crippen LogP contribution >= 0.6 is 0 Å². The number of sulfonamides is 1. The second kappa shape index (κ2) is 8.02. The average Bonchev–Trinajstić information content (AvgIpc) is 2.45. The maximum absolute atomic E-state index is 12.3. The molecule has 0 saturated heterocycles. The lowest BCUT2D eigenvalue weighted by molar-refractivity contribution is 0.138. The van der Waals surface area contributed by atoms with Crippen molar-refractivity contribution in [2.45, 2.75) is 11.8 Å². The van der Waals surface area contributed by atoms with Gasteiger partial charge in [-0.1, -0.05) is 17.9 Å². The van der Waals surface area contributed by atoms with Crippen molar-refractivity contribution in [3.8, 4) is 11.8 Å². The average molecular weight is 297 g/mol. The molecule has 5 nitrogen and oxygen atoms in total. The molecule has 0 spiro atoms. The summed E-state index contributed by atoms with van der Waals surface area (Å²) < 4.78 is 31.1. The van der Waals surface area contributed by atoms with Crippen LogP contribution in [0.15, 0.2) is 29.2 Å². The van der Waals surface area contributed by atoms with Gasteiger partial charge in [-0.3, -0.25) is 0 Å². The van der Waals surface area contributed by atoms with E-state index in [0.29, 0.717) is 25.3 Å². The lowest BCUT2D eigenvalue weighted by Gasteiger charge is -2.17. The molecule has 0 aromatic heterocycles. The summed E-state index contributed by atoms with van der Waals surface area (Å²) in [5, 5.41) is 8.65. The molecule has 0 amide bonds. The first-order chi connectivity index (χ1) is 9.52. The Morgan fingerprint density at radius 3 is 2.80 bits per heavy atom. The number of rotatable bonds is 6. The molecule has 1 rings (SSSR count). The van der Waals surface area contributed by atoms with Crippen molar-refractivity contribution in [2.24, 2.45) is 0 Å². The third-order valence-corrected chi connectivity index (χ3v) is 4.46. The van der Waals surface area contributed by atoms with Gasteiger partial charge in [0.05, 0.1) is 11.5 Å². The van der Waals surface area contributed by atoms with Gasteiger partial charge in [0.15, 0.2) is 0 Å². The van der Waals surface area contributed by atoms with Gasteiger partial charge >= 0.3 is 0 Å². The molecule has 20 heavy (non-hydrogen) atoms. The quantitative estimate of drug-likeness (QED) is 0.619. The van der Waals surface area contributed by atoms with Crippen LogP contribution < -0.4 is 0 Å². The number of hydrogen-bond donors (Lipinski definition) is 1. The van der Waals surface area contributed by atoms with Crippen LogP contribution in [0.3, 0.4) is 0 Å². The van der Waals surface area contributed by atoms with E-state index in [4.69, 9.17) is 9.84 Å². The van der Waals surface area contributed by atoms with Crippen LogP contribution in [0.1, 0.15) is 12.5 Å². The zero-order valence-electron chi connectivity index (χ0n) is 11.7. The molecule has 0 atom stereocenters. The Bertz CT molecular complexity index is 587. The summed E-state index contributed by atoms with van der Waals surface area (Å²) in [6.07, 6.45) is 0. The zero-order chi connectivity index (χ0) is 15.0. The van der Waals surface area contributed by atoms with E-state index in [9.17, 15) is 8.42 Å². The molecule has 0 bridgehead atoms. The highest BCUT2D eigenvalue weighted by atomic mass is 32.2. The molecule has 0 saturated carbocycles. The summed E-state index contributed by atoms with van der Waals surface area (Å²) in [5.74, 6) is 5.18. The fourth-order valence-corrected chi connectivity index (χ4v) is 2.71. The Balaban J connectivity index is 2.91. The van der Waals surface area contributed by atoms with E-state index in [1.807, 2.05) is 6.92 Å². The molecule has 0 radical (unpaired) electrons. The van der Waals surface area contributed by atoms with Crippen LogP contribution in [0.4, 0.5) is 0 Å². The SMILES string of the molecule is CCOCCN(C)S(=O)(=O)c1cccc(C#CCO)c1. The van der Waals surface area contributed by atoms with Crippen LogP contribution in [0.2, 0.25) is 0 Å². The minimum atomic E-state index is -3.54. The van der Waals surface area contributed by atoms with Gasteiger partial charge in [0.1, 0.15) is 6.61 Å². The van der Waals surface area contributed by atoms with Gasteiger partial charge in [0.2, 0.25) is 10.0 Å². The van der Waals surface area contributed by atoms with Crippen LogP contribution in [0.25, 0.3) is 0 Å². The van der Waals surface area contributed by atoms with Gasteiger partial charge in [-0.25, -0.2) is 8.42 Å². The molecule has 0 aliphatic heterocycles. The van der Waals surface area contributed by atoms with Crippen LogP contribution in [-0.2, 0) is 14.8 Å². The highest BCUT2D eigenvalue weighted by molar-refractivity contribution is 7.89. The van der Waals surface area contributed by atoms with E-state index in [0.717, 1.165) is 0 Å². The van der Waals surface area contributed by atoms with Gasteiger partial charge in [-0.2, -0.15) is 4.31 Å². The van der Waals surface area contributed by atoms with Crippen molar-refractivity contribution in [1.82, 2.24) is 4.31 Å². The molecule has 0 aliphatic carbocycles. The predicted octanol–water partition coefficient (Wildman–Crippen LogP) is 0.687. The van der Waals surface area contributed by atoms with Crippen molar-refractivity contribution in [3.05, 3.63) is 29.8 Å². The summed E-state index contributed by atoms with van der Waals surface area (Å²) >= 11 is 0. The molecular formula is C14H19NO4S. The molecular weight excluding hydrogens is 278 g/mol. The number of aliphatic hydroxyl groups is 1. The van der Waals surface area contributed by atoms with E-state index >= 15 is 0 Å². The van der Waals surface area contributed by atoms with Gasteiger partial charge in [0.25, 0.3) is 0 Å². The standard InChI is InChI=1S/C14H19NO4S/c1-3-19-11-9-15(2)20(17,18)14-8-4-6-13(12-14)7-5-10-16/h4,6,8,12,16H,3,9-11H2,1-2H3. The lowest BCUT2D eigenvalue weighted by Crippen LogP contribution is -2.30. The Kier molecular flexibility index (Phi) is 6.68. The Labute approximate surface area is 120 Å². The minimum absolute atomic E-state index is 0.182. The van der Waals surface area contributed by atoms with E-state index in [2.05, 4.69) is 11.8 Å². The third kappa shape index (κ3) is 4.62. The molecule has 110 valence electrons.